The number of halogens is 1. The number of unbranched alkanes of at least 4 members (excludes halogenated alkanes) is 10. The number of carbonyl (C=O) groups excluding carboxylic acids is 2. The normalized spacial score (nSPS) is 10.7. The maximum absolute atomic E-state index is 13.0. The van der Waals surface area contributed by atoms with Crippen molar-refractivity contribution in [1.82, 2.24) is 0 Å². The van der Waals surface area contributed by atoms with Crippen molar-refractivity contribution in [3.05, 3.63) is 35.6 Å². The number of rotatable bonds is 17. The van der Waals surface area contributed by atoms with Crippen LogP contribution in [0.3, 0.4) is 0 Å². The zero-order valence-electron chi connectivity index (χ0n) is 17.9. The molecule has 0 heterocycles. The number of hydrogen-bond donors (Lipinski definition) is 0. The highest BCUT2D eigenvalue weighted by Gasteiger charge is 2.09. The van der Waals surface area contributed by atoms with Crippen molar-refractivity contribution in [2.45, 2.75) is 97.0 Å². The molecule has 4 nitrogen and oxygen atoms in total. The van der Waals surface area contributed by atoms with Crippen LogP contribution in [0.5, 0.6) is 0 Å². The summed E-state index contributed by atoms with van der Waals surface area (Å²) >= 11 is 0. The first kappa shape index (κ1) is 25.1. The summed E-state index contributed by atoms with van der Waals surface area (Å²) in [5.74, 6) is -1.23. The number of carbonyl (C=O) groups is 2. The van der Waals surface area contributed by atoms with E-state index in [4.69, 9.17) is 9.47 Å². The van der Waals surface area contributed by atoms with Gasteiger partial charge in [-0.15, -0.1) is 0 Å². The molecule has 1 aromatic rings. The van der Waals surface area contributed by atoms with Crippen molar-refractivity contribution in [1.29, 1.82) is 0 Å². The van der Waals surface area contributed by atoms with E-state index in [9.17, 15) is 14.0 Å². The number of benzene rings is 1. The quantitative estimate of drug-likeness (QED) is 0.218. The Morgan fingerprint density at radius 3 is 1.93 bits per heavy atom. The second kappa shape index (κ2) is 17.0. The molecule has 0 spiro atoms. The smallest absolute Gasteiger partial charge is 0.306 e. The van der Waals surface area contributed by atoms with Crippen LogP contribution in [0, 0.1) is 5.82 Å². The predicted octanol–water partition coefficient (Wildman–Crippen LogP) is 6.50. The Morgan fingerprint density at radius 1 is 0.793 bits per heavy atom. The van der Waals surface area contributed by atoms with Crippen LogP contribution in [-0.4, -0.2) is 18.5 Å². The number of esters is 2. The zero-order valence-corrected chi connectivity index (χ0v) is 17.9. The van der Waals surface area contributed by atoms with E-state index in [1.165, 1.54) is 69.9 Å². The topological polar surface area (TPSA) is 52.6 Å². The third-order valence-electron chi connectivity index (χ3n) is 4.83. The second-order valence-electron chi connectivity index (χ2n) is 7.55. The molecule has 0 aliphatic carbocycles. The van der Waals surface area contributed by atoms with Crippen LogP contribution in [0.15, 0.2) is 24.3 Å². The molecule has 0 aliphatic heterocycles. The Labute approximate surface area is 175 Å². The monoisotopic (exact) mass is 408 g/mol. The van der Waals surface area contributed by atoms with Gasteiger partial charge in [0.05, 0.1) is 19.4 Å². The average Bonchev–Trinajstić information content (AvgIpc) is 2.71. The van der Waals surface area contributed by atoms with Gasteiger partial charge in [-0.3, -0.25) is 9.59 Å². The van der Waals surface area contributed by atoms with Crippen LogP contribution < -0.4 is 0 Å². The van der Waals surface area contributed by atoms with E-state index in [-0.39, 0.29) is 31.2 Å². The van der Waals surface area contributed by atoms with E-state index in [1.807, 2.05) is 0 Å². The first-order chi connectivity index (χ1) is 14.1. The molecule has 0 fully saturated rings. The molecule has 0 atom stereocenters. The van der Waals surface area contributed by atoms with Crippen LogP contribution in [-0.2, 0) is 25.7 Å². The lowest BCUT2D eigenvalue weighted by atomic mass is 10.1. The van der Waals surface area contributed by atoms with Crippen molar-refractivity contribution in [2.24, 2.45) is 0 Å². The van der Waals surface area contributed by atoms with Crippen LogP contribution in [0.2, 0.25) is 0 Å². The van der Waals surface area contributed by atoms with Gasteiger partial charge in [0.2, 0.25) is 0 Å². The molecule has 0 radical (unpaired) electrons. The maximum atomic E-state index is 13.0. The largest absolute Gasteiger partial charge is 0.466 e. The molecule has 0 aromatic heterocycles. The van der Waals surface area contributed by atoms with E-state index in [0.717, 1.165) is 12.8 Å². The molecule has 0 saturated heterocycles. The summed E-state index contributed by atoms with van der Waals surface area (Å²) in [5, 5.41) is 0. The van der Waals surface area contributed by atoms with Crippen LogP contribution in [0.4, 0.5) is 4.39 Å². The summed E-state index contributed by atoms with van der Waals surface area (Å²) in [5.41, 5.74) is 0.581. The van der Waals surface area contributed by atoms with Crippen LogP contribution in [0.25, 0.3) is 0 Å². The molecule has 5 heteroatoms. The van der Waals surface area contributed by atoms with Gasteiger partial charge >= 0.3 is 11.9 Å². The highest BCUT2D eigenvalue weighted by molar-refractivity contribution is 5.77. The van der Waals surface area contributed by atoms with Crippen LogP contribution >= 0.6 is 0 Å². The number of hydrogen-bond acceptors (Lipinski definition) is 4. The lowest BCUT2D eigenvalue weighted by Crippen LogP contribution is -2.11. The van der Waals surface area contributed by atoms with Gasteiger partial charge < -0.3 is 9.47 Å². The molecule has 0 bridgehead atoms. The molecule has 0 aliphatic rings. The summed E-state index contributed by atoms with van der Waals surface area (Å²) in [6, 6.07) is 5.88. The Hall–Kier alpha value is -1.91. The zero-order chi connectivity index (χ0) is 21.2. The molecular weight excluding hydrogens is 371 g/mol. The summed E-state index contributed by atoms with van der Waals surface area (Å²) in [6.45, 7) is 2.65. The standard InChI is InChI=1S/C24H37FO4/c1-2-3-4-5-6-7-8-9-10-11-12-18-28-23(26)16-17-24(27)29-20-21-14-13-15-22(25)19-21/h13-15,19H,2-12,16-18,20H2,1H3. The van der Waals surface area contributed by atoms with Crippen molar-refractivity contribution in [3.63, 3.8) is 0 Å². The minimum absolute atomic E-state index is 0.00435. The van der Waals surface area contributed by atoms with Gasteiger partial charge in [0, 0.05) is 0 Å². The highest BCUT2D eigenvalue weighted by atomic mass is 19.1. The van der Waals surface area contributed by atoms with Gasteiger partial charge in [0.25, 0.3) is 0 Å². The fourth-order valence-electron chi connectivity index (χ4n) is 3.09. The summed E-state index contributed by atoms with van der Waals surface area (Å²) < 4.78 is 23.2. The van der Waals surface area contributed by atoms with Crippen molar-refractivity contribution in [2.75, 3.05) is 6.61 Å². The number of ether oxygens (including phenoxy) is 2. The van der Waals surface area contributed by atoms with Gasteiger partial charge in [0.15, 0.2) is 0 Å². The predicted molar refractivity (Wildman–Crippen MR) is 113 cm³/mol. The Morgan fingerprint density at radius 2 is 1.34 bits per heavy atom. The molecular formula is C24H37FO4. The highest BCUT2D eigenvalue weighted by Crippen LogP contribution is 2.11. The Balaban J connectivity index is 1.90. The minimum Gasteiger partial charge on any atom is -0.466 e. The van der Waals surface area contributed by atoms with Crippen molar-refractivity contribution >= 4 is 11.9 Å². The van der Waals surface area contributed by atoms with E-state index >= 15 is 0 Å². The van der Waals surface area contributed by atoms with Crippen molar-refractivity contribution in [3.8, 4) is 0 Å². The molecule has 0 saturated carbocycles. The van der Waals surface area contributed by atoms with Gasteiger partial charge in [-0.1, -0.05) is 83.3 Å². The second-order valence-corrected chi connectivity index (χ2v) is 7.55. The Bertz CT molecular complexity index is 574. The van der Waals surface area contributed by atoms with Crippen LogP contribution in [0.1, 0.15) is 96.0 Å². The summed E-state index contributed by atoms with van der Waals surface area (Å²) in [7, 11) is 0. The lowest BCUT2D eigenvalue weighted by molar-refractivity contribution is -0.151. The third-order valence-corrected chi connectivity index (χ3v) is 4.83. The van der Waals surface area contributed by atoms with Gasteiger partial charge in [-0.25, -0.2) is 4.39 Å². The Kier molecular flexibility index (Phi) is 14.7. The van der Waals surface area contributed by atoms with Gasteiger partial charge in [0.1, 0.15) is 12.4 Å². The lowest BCUT2D eigenvalue weighted by Gasteiger charge is -2.06. The average molecular weight is 409 g/mol. The van der Waals surface area contributed by atoms with E-state index in [1.54, 1.807) is 12.1 Å². The van der Waals surface area contributed by atoms with E-state index in [0.29, 0.717) is 12.2 Å². The molecule has 164 valence electrons. The van der Waals surface area contributed by atoms with Gasteiger partial charge in [-0.05, 0) is 24.1 Å². The first-order valence-electron chi connectivity index (χ1n) is 11.2. The fourth-order valence-corrected chi connectivity index (χ4v) is 3.09. The fraction of sp³-hybridized carbons (Fsp3) is 0.667. The van der Waals surface area contributed by atoms with Gasteiger partial charge in [-0.2, -0.15) is 0 Å². The van der Waals surface area contributed by atoms with E-state index in [2.05, 4.69) is 6.92 Å². The molecule has 29 heavy (non-hydrogen) atoms. The summed E-state index contributed by atoms with van der Waals surface area (Å²) in [4.78, 5) is 23.3. The first-order valence-corrected chi connectivity index (χ1v) is 11.2. The molecule has 0 amide bonds. The molecule has 1 aromatic carbocycles. The third kappa shape index (κ3) is 14.7. The minimum atomic E-state index is -0.485. The molecule has 1 rings (SSSR count). The summed E-state index contributed by atoms with van der Waals surface area (Å²) in [6.07, 6.45) is 13.7. The van der Waals surface area contributed by atoms with E-state index < -0.39 is 5.97 Å². The maximum Gasteiger partial charge on any atom is 0.306 e. The SMILES string of the molecule is CCCCCCCCCCCCCOC(=O)CCC(=O)OCc1cccc(F)c1. The molecule has 0 unspecified atom stereocenters. The molecule has 0 N–H and O–H groups in total. The van der Waals surface area contributed by atoms with Crippen molar-refractivity contribution < 1.29 is 23.5 Å².